The van der Waals surface area contributed by atoms with E-state index < -0.39 is 17.7 Å². The van der Waals surface area contributed by atoms with Crippen molar-refractivity contribution in [3.8, 4) is 5.75 Å². The molecule has 7 nitrogen and oxygen atoms in total. The molecular formula is C17H17N3O4. The fourth-order valence-electron chi connectivity index (χ4n) is 1.90. The molecule has 0 spiro atoms. The van der Waals surface area contributed by atoms with Crippen molar-refractivity contribution < 1.29 is 19.1 Å². The number of anilines is 2. The smallest absolute Gasteiger partial charge is 0.316 e. The third-order valence-electron chi connectivity index (χ3n) is 3.04. The van der Waals surface area contributed by atoms with Crippen LogP contribution >= 0.6 is 0 Å². The minimum Gasteiger partial charge on any atom is -0.492 e. The largest absolute Gasteiger partial charge is 0.492 e. The van der Waals surface area contributed by atoms with Gasteiger partial charge >= 0.3 is 11.8 Å². The van der Waals surface area contributed by atoms with Gasteiger partial charge in [-0.05, 0) is 43.3 Å². The Labute approximate surface area is 138 Å². The van der Waals surface area contributed by atoms with E-state index in [1.54, 1.807) is 31.2 Å². The third kappa shape index (κ3) is 4.33. The molecule has 0 aliphatic heterocycles. The van der Waals surface area contributed by atoms with E-state index in [2.05, 4.69) is 5.32 Å². The highest BCUT2D eigenvalue weighted by atomic mass is 16.5. The van der Waals surface area contributed by atoms with E-state index >= 15 is 0 Å². The summed E-state index contributed by atoms with van der Waals surface area (Å²) in [6.45, 7) is 2.21. The zero-order valence-corrected chi connectivity index (χ0v) is 13.0. The van der Waals surface area contributed by atoms with Crippen molar-refractivity contribution in [2.45, 2.75) is 6.92 Å². The number of nitrogens with one attached hydrogen (secondary N) is 2. The van der Waals surface area contributed by atoms with E-state index in [-0.39, 0.29) is 5.56 Å². The Bertz CT molecular complexity index is 757. The summed E-state index contributed by atoms with van der Waals surface area (Å²) < 4.78 is 5.35. The molecule has 0 fully saturated rings. The standard InChI is InChI=1S/C17H17N3O4/c1-2-24-14-6-4-3-5-13(14)19-16(22)17(23)20-15(21)11-7-9-12(18)10-8-11/h3-10H,2,18H2,1H3,(H,19,22)(H,20,21,23). The highest BCUT2D eigenvalue weighted by Crippen LogP contribution is 2.23. The molecule has 3 amide bonds. The predicted octanol–water partition coefficient (Wildman–Crippen LogP) is 1.56. The van der Waals surface area contributed by atoms with E-state index in [0.717, 1.165) is 0 Å². The van der Waals surface area contributed by atoms with E-state index in [1.807, 2.05) is 5.32 Å². The van der Waals surface area contributed by atoms with Gasteiger partial charge in [0, 0.05) is 11.3 Å². The van der Waals surface area contributed by atoms with Crippen LogP contribution in [0.1, 0.15) is 17.3 Å². The number of rotatable bonds is 4. The van der Waals surface area contributed by atoms with Gasteiger partial charge in [0.05, 0.1) is 12.3 Å². The van der Waals surface area contributed by atoms with E-state index in [9.17, 15) is 14.4 Å². The fourth-order valence-corrected chi connectivity index (χ4v) is 1.90. The van der Waals surface area contributed by atoms with Crippen LogP contribution in [0.5, 0.6) is 5.75 Å². The summed E-state index contributed by atoms with van der Waals surface area (Å²) in [6.07, 6.45) is 0. The molecule has 0 aliphatic rings. The molecule has 2 aromatic carbocycles. The van der Waals surface area contributed by atoms with E-state index in [4.69, 9.17) is 10.5 Å². The van der Waals surface area contributed by atoms with E-state index in [1.165, 1.54) is 24.3 Å². The van der Waals surface area contributed by atoms with Gasteiger partial charge < -0.3 is 15.8 Å². The average molecular weight is 327 g/mol. The number of carbonyl (C=O) groups excluding carboxylic acids is 3. The van der Waals surface area contributed by atoms with Crippen LogP contribution in [0, 0.1) is 0 Å². The SMILES string of the molecule is CCOc1ccccc1NC(=O)C(=O)NC(=O)c1ccc(N)cc1. The molecule has 0 heterocycles. The van der Waals surface area contributed by atoms with Crippen molar-refractivity contribution in [1.82, 2.24) is 5.32 Å². The Kier molecular flexibility index (Phi) is 5.51. The topological polar surface area (TPSA) is 111 Å². The first-order valence-corrected chi connectivity index (χ1v) is 7.25. The number of imide groups is 1. The van der Waals surface area contributed by atoms with Crippen molar-refractivity contribution in [3.63, 3.8) is 0 Å². The molecule has 0 atom stereocenters. The van der Waals surface area contributed by atoms with Crippen molar-refractivity contribution in [2.24, 2.45) is 0 Å². The molecule has 2 rings (SSSR count). The number of hydrogen-bond acceptors (Lipinski definition) is 5. The van der Waals surface area contributed by atoms with Gasteiger partial charge in [0.15, 0.2) is 0 Å². The van der Waals surface area contributed by atoms with Crippen LogP contribution in [0.4, 0.5) is 11.4 Å². The molecule has 124 valence electrons. The number of hydrogen-bond donors (Lipinski definition) is 3. The van der Waals surface area contributed by atoms with Gasteiger partial charge in [-0.2, -0.15) is 0 Å². The van der Waals surface area contributed by atoms with Crippen LogP contribution in [-0.4, -0.2) is 24.3 Å². The molecular weight excluding hydrogens is 310 g/mol. The zero-order valence-electron chi connectivity index (χ0n) is 13.0. The Morgan fingerprint density at radius 2 is 1.67 bits per heavy atom. The van der Waals surface area contributed by atoms with Crippen LogP contribution in [0.2, 0.25) is 0 Å². The second-order valence-electron chi connectivity index (χ2n) is 4.79. The lowest BCUT2D eigenvalue weighted by Crippen LogP contribution is -2.39. The minimum absolute atomic E-state index is 0.222. The van der Waals surface area contributed by atoms with Gasteiger partial charge in [0.25, 0.3) is 5.91 Å². The number of nitrogen functional groups attached to an aromatic ring is 1. The molecule has 0 bridgehead atoms. The van der Waals surface area contributed by atoms with Crippen LogP contribution in [0.15, 0.2) is 48.5 Å². The molecule has 0 unspecified atom stereocenters. The lowest BCUT2D eigenvalue weighted by Gasteiger charge is -2.11. The number of amides is 3. The Morgan fingerprint density at radius 3 is 2.33 bits per heavy atom. The monoisotopic (exact) mass is 327 g/mol. The van der Waals surface area contributed by atoms with Gasteiger partial charge in [0.2, 0.25) is 0 Å². The van der Waals surface area contributed by atoms with Crippen molar-refractivity contribution >= 4 is 29.1 Å². The van der Waals surface area contributed by atoms with Crippen LogP contribution in [0.3, 0.4) is 0 Å². The van der Waals surface area contributed by atoms with E-state index in [0.29, 0.717) is 23.7 Å². The maximum absolute atomic E-state index is 11.9. The molecule has 7 heteroatoms. The lowest BCUT2D eigenvalue weighted by molar-refractivity contribution is -0.135. The van der Waals surface area contributed by atoms with Crippen molar-refractivity contribution in [1.29, 1.82) is 0 Å². The summed E-state index contributed by atoms with van der Waals surface area (Å²) in [5.74, 6) is -2.28. The summed E-state index contributed by atoms with van der Waals surface area (Å²) in [6, 6.07) is 12.7. The number of para-hydroxylation sites is 2. The number of nitrogens with two attached hydrogens (primary N) is 1. The summed E-state index contributed by atoms with van der Waals surface area (Å²) >= 11 is 0. The van der Waals surface area contributed by atoms with Gasteiger partial charge in [-0.1, -0.05) is 12.1 Å². The summed E-state index contributed by atoms with van der Waals surface area (Å²) in [7, 11) is 0. The molecule has 24 heavy (non-hydrogen) atoms. The molecule has 0 saturated carbocycles. The predicted molar refractivity (Wildman–Crippen MR) is 89.6 cm³/mol. The summed E-state index contributed by atoms with van der Waals surface area (Å²) in [5.41, 5.74) is 6.58. The molecule has 2 aromatic rings. The molecule has 0 aliphatic carbocycles. The van der Waals surface area contributed by atoms with Crippen molar-refractivity contribution in [3.05, 3.63) is 54.1 Å². The normalized spacial score (nSPS) is 9.88. The Morgan fingerprint density at radius 1 is 1.00 bits per heavy atom. The molecule has 4 N–H and O–H groups in total. The Balaban J connectivity index is 2.01. The van der Waals surface area contributed by atoms with Crippen molar-refractivity contribution in [2.75, 3.05) is 17.7 Å². The van der Waals surface area contributed by atoms with Crippen LogP contribution in [-0.2, 0) is 9.59 Å². The number of ether oxygens (including phenoxy) is 1. The van der Waals surface area contributed by atoms with Gasteiger partial charge in [-0.15, -0.1) is 0 Å². The second-order valence-corrected chi connectivity index (χ2v) is 4.79. The zero-order chi connectivity index (χ0) is 17.5. The number of carbonyl (C=O) groups is 3. The van der Waals surface area contributed by atoms with Crippen LogP contribution in [0.25, 0.3) is 0 Å². The fraction of sp³-hybridized carbons (Fsp3) is 0.118. The Hall–Kier alpha value is -3.35. The first kappa shape index (κ1) is 17.0. The highest BCUT2D eigenvalue weighted by Gasteiger charge is 2.19. The molecule has 0 radical (unpaired) electrons. The highest BCUT2D eigenvalue weighted by molar-refractivity contribution is 6.42. The number of benzene rings is 2. The first-order valence-electron chi connectivity index (χ1n) is 7.25. The summed E-state index contributed by atoms with van der Waals surface area (Å²) in [5, 5.41) is 4.43. The molecule has 0 aromatic heterocycles. The average Bonchev–Trinajstić information content (AvgIpc) is 2.57. The minimum atomic E-state index is -1.07. The maximum Gasteiger partial charge on any atom is 0.316 e. The third-order valence-corrected chi connectivity index (χ3v) is 3.04. The van der Waals surface area contributed by atoms with Gasteiger partial charge in [0.1, 0.15) is 5.75 Å². The maximum atomic E-state index is 11.9. The second kappa shape index (κ2) is 7.77. The molecule has 0 saturated heterocycles. The quantitative estimate of drug-likeness (QED) is 0.583. The van der Waals surface area contributed by atoms with Gasteiger partial charge in [-0.3, -0.25) is 19.7 Å². The van der Waals surface area contributed by atoms with Gasteiger partial charge in [-0.25, -0.2) is 0 Å². The lowest BCUT2D eigenvalue weighted by atomic mass is 10.2. The first-order chi connectivity index (χ1) is 11.5. The summed E-state index contributed by atoms with van der Waals surface area (Å²) in [4.78, 5) is 35.7. The van der Waals surface area contributed by atoms with Crippen LogP contribution < -0.4 is 21.1 Å².